The van der Waals surface area contributed by atoms with Crippen molar-refractivity contribution in [2.24, 2.45) is 0 Å². The molecule has 3 rings (SSSR count). The minimum atomic E-state index is 0.518. The number of likely N-dealkylation sites (tertiary alicyclic amines) is 1. The molecule has 1 fully saturated rings. The maximum atomic E-state index is 6.44. The first-order chi connectivity index (χ1) is 10.0. The van der Waals surface area contributed by atoms with E-state index in [0.717, 1.165) is 37.6 Å². The fourth-order valence-electron chi connectivity index (χ4n) is 2.96. The summed E-state index contributed by atoms with van der Waals surface area (Å²) in [5.74, 6) is 1.17. The van der Waals surface area contributed by atoms with Crippen LogP contribution < -0.4 is 5.32 Å². The molecule has 0 aliphatic carbocycles. The SMILES string of the molecule is CN(C)CCNc1nc(Cl)c2c(n1)SC1CN(C)CCC21. The van der Waals surface area contributed by atoms with Crippen molar-refractivity contribution in [3.05, 3.63) is 10.7 Å². The zero-order valence-corrected chi connectivity index (χ0v) is 14.3. The van der Waals surface area contributed by atoms with Gasteiger partial charge in [0.2, 0.25) is 5.95 Å². The first-order valence-corrected chi connectivity index (χ1v) is 8.61. The molecule has 0 amide bonds. The topological polar surface area (TPSA) is 44.3 Å². The number of halogens is 1. The first kappa shape index (κ1) is 15.3. The van der Waals surface area contributed by atoms with E-state index in [4.69, 9.17) is 11.6 Å². The van der Waals surface area contributed by atoms with Gasteiger partial charge in [-0.15, -0.1) is 11.8 Å². The van der Waals surface area contributed by atoms with Gasteiger partial charge in [0.05, 0.1) is 0 Å². The van der Waals surface area contributed by atoms with Crippen LogP contribution in [0.1, 0.15) is 17.9 Å². The van der Waals surface area contributed by atoms with Gasteiger partial charge in [0.1, 0.15) is 10.2 Å². The van der Waals surface area contributed by atoms with Gasteiger partial charge >= 0.3 is 0 Å². The van der Waals surface area contributed by atoms with Gasteiger partial charge in [-0.2, -0.15) is 0 Å². The molecular weight excluding hydrogens is 306 g/mol. The van der Waals surface area contributed by atoms with Crippen LogP contribution >= 0.6 is 23.4 Å². The number of fused-ring (bicyclic) bond motifs is 3. The number of nitrogens with zero attached hydrogens (tertiary/aromatic N) is 4. The number of anilines is 1. The van der Waals surface area contributed by atoms with Crippen LogP contribution in [-0.4, -0.2) is 72.3 Å². The van der Waals surface area contributed by atoms with E-state index >= 15 is 0 Å². The zero-order valence-electron chi connectivity index (χ0n) is 12.8. The van der Waals surface area contributed by atoms with Gasteiger partial charge in [0.25, 0.3) is 0 Å². The molecule has 5 nitrogen and oxygen atoms in total. The van der Waals surface area contributed by atoms with E-state index in [2.05, 4.69) is 46.2 Å². The second-order valence-electron chi connectivity index (χ2n) is 6.10. The Hall–Kier alpha value is -0.560. The molecule has 2 atom stereocenters. The Kier molecular flexibility index (Phi) is 4.59. The highest BCUT2D eigenvalue weighted by Gasteiger charge is 2.40. The summed E-state index contributed by atoms with van der Waals surface area (Å²) in [5.41, 5.74) is 1.18. The lowest BCUT2D eigenvalue weighted by atomic mass is 9.91. The van der Waals surface area contributed by atoms with Crippen LogP contribution in [0.5, 0.6) is 0 Å². The van der Waals surface area contributed by atoms with Crippen molar-refractivity contribution in [2.45, 2.75) is 22.6 Å². The van der Waals surface area contributed by atoms with Crippen LogP contribution in [0.25, 0.3) is 0 Å². The summed E-state index contributed by atoms with van der Waals surface area (Å²) >= 11 is 8.31. The largest absolute Gasteiger partial charge is 0.353 e. The van der Waals surface area contributed by atoms with E-state index in [0.29, 0.717) is 22.3 Å². The van der Waals surface area contributed by atoms with Crippen LogP contribution in [0, 0.1) is 0 Å². The van der Waals surface area contributed by atoms with E-state index in [1.54, 1.807) is 0 Å². The predicted octanol–water partition coefficient (Wildman–Crippen LogP) is 2.00. The third-order valence-electron chi connectivity index (χ3n) is 4.10. The number of rotatable bonds is 4. The van der Waals surface area contributed by atoms with E-state index in [-0.39, 0.29) is 0 Å². The highest BCUT2D eigenvalue weighted by Crippen LogP contribution is 2.50. The molecule has 2 aliphatic heterocycles. The van der Waals surface area contributed by atoms with Gasteiger partial charge in [-0.25, -0.2) is 9.97 Å². The lowest BCUT2D eigenvalue weighted by Gasteiger charge is -2.31. The summed E-state index contributed by atoms with van der Waals surface area (Å²) in [6, 6.07) is 0. The number of piperidine rings is 1. The number of aromatic nitrogens is 2. The van der Waals surface area contributed by atoms with Crippen molar-refractivity contribution >= 4 is 29.3 Å². The van der Waals surface area contributed by atoms with Crippen LogP contribution in [0.2, 0.25) is 5.15 Å². The Bertz CT molecular complexity index is 524. The summed E-state index contributed by atoms with van der Waals surface area (Å²) in [5, 5.41) is 5.55. The first-order valence-electron chi connectivity index (χ1n) is 7.36. The van der Waals surface area contributed by atoms with E-state index < -0.39 is 0 Å². The summed E-state index contributed by atoms with van der Waals surface area (Å²) in [6.45, 7) is 4.00. The zero-order chi connectivity index (χ0) is 15.0. The van der Waals surface area contributed by atoms with E-state index in [9.17, 15) is 0 Å². The molecule has 1 aromatic heterocycles. The van der Waals surface area contributed by atoms with Gasteiger partial charge in [0.15, 0.2) is 0 Å². The number of nitrogens with one attached hydrogen (secondary N) is 1. The van der Waals surface area contributed by atoms with Crippen molar-refractivity contribution < 1.29 is 0 Å². The Morgan fingerprint density at radius 3 is 3.00 bits per heavy atom. The summed E-state index contributed by atoms with van der Waals surface area (Å²) < 4.78 is 0. The van der Waals surface area contributed by atoms with Gasteiger partial charge < -0.3 is 15.1 Å². The lowest BCUT2D eigenvalue weighted by molar-refractivity contribution is 0.264. The second-order valence-corrected chi connectivity index (χ2v) is 7.69. The summed E-state index contributed by atoms with van der Waals surface area (Å²) in [6.07, 6.45) is 1.15. The van der Waals surface area contributed by atoms with Crippen molar-refractivity contribution in [1.82, 2.24) is 19.8 Å². The fraction of sp³-hybridized carbons (Fsp3) is 0.714. The number of hydrogen-bond donors (Lipinski definition) is 1. The molecule has 0 bridgehead atoms. The molecule has 0 spiro atoms. The molecular formula is C14H22ClN5S. The predicted molar refractivity (Wildman–Crippen MR) is 88.6 cm³/mol. The molecule has 3 heterocycles. The summed E-state index contributed by atoms with van der Waals surface area (Å²) in [4.78, 5) is 13.6. The maximum absolute atomic E-state index is 6.44. The van der Waals surface area contributed by atoms with Gasteiger partial charge in [-0.05, 0) is 34.1 Å². The van der Waals surface area contributed by atoms with Crippen molar-refractivity contribution in [3.63, 3.8) is 0 Å². The third-order valence-corrected chi connectivity index (χ3v) is 5.71. The molecule has 0 saturated carbocycles. The standard InChI is InChI=1S/C14H22ClN5S/c1-19(2)7-5-16-14-17-12(15)11-9-4-6-20(3)8-10(9)21-13(11)18-14/h9-10H,4-8H2,1-3H3,(H,16,17,18). The monoisotopic (exact) mass is 327 g/mol. The molecule has 0 radical (unpaired) electrons. The highest BCUT2D eigenvalue weighted by atomic mass is 35.5. The molecule has 7 heteroatoms. The molecule has 1 aromatic rings. The molecule has 0 aromatic carbocycles. The van der Waals surface area contributed by atoms with Gasteiger partial charge in [0, 0.05) is 36.4 Å². The van der Waals surface area contributed by atoms with Crippen molar-refractivity contribution in [2.75, 3.05) is 52.6 Å². The molecule has 21 heavy (non-hydrogen) atoms. The van der Waals surface area contributed by atoms with E-state index in [1.807, 2.05) is 11.8 Å². The molecule has 2 aliphatic rings. The Morgan fingerprint density at radius 1 is 1.43 bits per heavy atom. The normalized spacial score (nSPS) is 25.0. The van der Waals surface area contributed by atoms with Crippen LogP contribution in [0.4, 0.5) is 5.95 Å². The van der Waals surface area contributed by atoms with Crippen molar-refractivity contribution in [3.8, 4) is 0 Å². The van der Waals surface area contributed by atoms with Crippen LogP contribution in [0.15, 0.2) is 5.03 Å². The van der Waals surface area contributed by atoms with E-state index in [1.165, 1.54) is 5.56 Å². The quantitative estimate of drug-likeness (QED) is 0.853. The minimum Gasteiger partial charge on any atom is -0.353 e. The summed E-state index contributed by atoms with van der Waals surface area (Å²) in [7, 11) is 6.28. The average molecular weight is 328 g/mol. The molecule has 116 valence electrons. The number of hydrogen-bond acceptors (Lipinski definition) is 6. The van der Waals surface area contributed by atoms with Crippen LogP contribution in [-0.2, 0) is 0 Å². The lowest BCUT2D eigenvalue weighted by Crippen LogP contribution is -2.36. The van der Waals surface area contributed by atoms with Gasteiger partial charge in [-0.1, -0.05) is 11.6 Å². The molecule has 1 saturated heterocycles. The number of likely N-dealkylation sites (N-methyl/N-ethyl adjacent to an activating group) is 1. The molecule has 2 unspecified atom stereocenters. The Balaban J connectivity index is 1.76. The highest BCUT2D eigenvalue weighted by molar-refractivity contribution is 8.00. The smallest absolute Gasteiger partial charge is 0.225 e. The molecule has 1 N–H and O–H groups in total. The van der Waals surface area contributed by atoms with Crippen molar-refractivity contribution in [1.29, 1.82) is 0 Å². The maximum Gasteiger partial charge on any atom is 0.225 e. The third kappa shape index (κ3) is 3.28. The van der Waals surface area contributed by atoms with Crippen LogP contribution in [0.3, 0.4) is 0 Å². The van der Waals surface area contributed by atoms with Gasteiger partial charge in [-0.3, -0.25) is 0 Å². The fourth-order valence-corrected chi connectivity index (χ4v) is 4.89. The minimum absolute atomic E-state index is 0.518. The Labute approximate surface area is 135 Å². The second kappa shape index (κ2) is 6.28. The Morgan fingerprint density at radius 2 is 2.24 bits per heavy atom. The number of thioether (sulfide) groups is 1. The average Bonchev–Trinajstić information content (AvgIpc) is 2.75.